The predicted octanol–water partition coefficient (Wildman–Crippen LogP) is 5.26. The van der Waals surface area contributed by atoms with E-state index in [0.717, 1.165) is 5.56 Å². The lowest BCUT2D eigenvalue weighted by Gasteiger charge is -2.14. The van der Waals surface area contributed by atoms with Crippen molar-refractivity contribution in [1.82, 2.24) is 0 Å². The van der Waals surface area contributed by atoms with Crippen molar-refractivity contribution in [2.24, 2.45) is 0 Å². The van der Waals surface area contributed by atoms with Crippen molar-refractivity contribution >= 4 is 22.4 Å². The van der Waals surface area contributed by atoms with E-state index < -0.39 is 22.7 Å². The molecule has 0 aliphatic heterocycles. The number of aryl methyl sites for hydroxylation is 2. The smallest absolute Gasteiger partial charge is 0.269 e. The third-order valence-electron chi connectivity index (χ3n) is 5.69. The third kappa shape index (κ3) is 4.63. The molecule has 0 bridgehead atoms. The van der Waals surface area contributed by atoms with Crippen LogP contribution < -0.4 is 19.6 Å². The first-order chi connectivity index (χ1) is 17.2. The number of nitro benzene ring substituents is 1. The number of nitrogens with zero attached hydrogens (tertiary/aromatic N) is 1. The van der Waals surface area contributed by atoms with Crippen molar-refractivity contribution in [3.8, 4) is 28.6 Å². The van der Waals surface area contributed by atoms with Gasteiger partial charge in [0.1, 0.15) is 5.58 Å². The molecule has 4 aromatic rings. The van der Waals surface area contributed by atoms with E-state index in [1.165, 1.54) is 38.5 Å². The van der Waals surface area contributed by atoms with Crippen molar-refractivity contribution in [2.75, 3.05) is 20.8 Å². The van der Waals surface area contributed by atoms with Crippen LogP contribution in [-0.4, -0.2) is 31.5 Å². The molecule has 0 amide bonds. The Morgan fingerprint density at radius 3 is 2.31 bits per heavy atom. The average molecular weight is 489 g/mol. The fraction of sp³-hybridized carbons (Fsp3) is 0.185. The third-order valence-corrected chi connectivity index (χ3v) is 5.69. The van der Waals surface area contributed by atoms with E-state index in [4.69, 9.17) is 18.6 Å². The number of carbonyl (C=O) groups is 1. The Balaban J connectivity index is 1.80. The average Bonchev–Trinajstić information content (AvgIpc) is 2.86. The Bertz CT molecular complexity index is 1540. The monoisotopic (exact) mass is 489 g/mol. The van der Waals surface area contributed by atoms with Gasteiger partial charge in [0.25, 0.3) is 5.69 Å². The number of Topliss-reactive ketones (excluding diaryl/α,β-unsaturated/α-hetero) is 1. The molecule has 9 nitrogen and oxygen atoms in total. The Kier molecular flexibility index (Phi) is 6.73. The first-order valence-electron chi connectivity index (χ1n) is 10.9. The summed E-state index contributed by atoms with van der Waals surface area (Å²) >= 11 is 0. The van der Waals surface area contributed by atoms with Gasteiger partial charge >= 0.3 is 0 Å². The molecule has 36 heavy (non-hydrogen) atoms. The van der Waals surface area contributed by atoms with E-state index in [9.17, 15) is 19.7 Å². The molecular weight excluding hydrogens is 466 g/mol. The Morgan fingerprint density at radius 2 is 1.67 bits per heavy atom. The molecule has 1 aromatic heterocycles. The fourth-order valence-corrected chi connectivity index (χ4v) is 3.96. The Morgan fingerprint density at radius 1 is 0.972 bits per heavy atom. The van der Waals surface area contributed by atoms with Crippen molar-refractivity contribution in [1.29, 1.82) is 0 Å². The van der Waals surface area contributed by atoms with E-state index in [2.05, 4.69) is 0 Å². The van der Waals surface area contributed by atoms with Crippen LogP contribution in [0.4, 0.5) is 5.69 Å². The summed E-state index contributed by atoms with van der Waals surface area (Å²) < 4.78 is 22.6. The van der Waals surface area contributed by atoms with Gasteiger partial charge in [-0.25, -0.2) is 0 Å². The molecule has 0 saturated carbocycles. The second kappa shape index (κ2) is 9.91. The topological polar surface area (TPSA) is 118 Å². The standard InChI is InChI=1S/C27H23NO8/c1-15-11-16(2)24-23(12-15)36-26(18-7-10-21(33-3)22(13-18)34-4)27(25(24)30)35-14-20(29)17-5-8-19(9-6-17)28(31)32/h5-13H,14H2,1-4H3. The van der Waals surface area contributed by atoms with E-state index in [0.29, 0.717) is 33.6 Å². The number of hydrogen-bond donors (Lipinski definition) is 0. The van der Waals surface area contributed by atoms with Crippen LogP contribution >= 0.6 is 0 Å². The molecule has 0 atom stereocenters. The molecule has 4 rings (SSSR count). The largest absolute Gasteiger partial charge is 0.493 e. The van der Waals surface area contributed by atoms with Crippen LogP contribution in [0.2, 0.25) is 0 Å². The normalized spacial score (nSPS) is 10.8. The number of ketones is 1. The summed E-state index contributed by atoms with van der Waals surface area (Å²) in [6.07, 6.45) is 0. The lowest BCUT2D eigenvalue weighted by Crippen LogP contribution is -2.17. The van der Waals surface area contributed by atoms with Gasteiger partial charge < -0.3 is 18.6 Å². The van der Waals surface area contributed by atoms with E-state index in [1.807, 2.05) is 13.0 Å². The van der Waals surface area contributed by atoms with Gasteiger partial charge in [-0.1, -0.05) is 6.07 Å². The summed E-state index contributed by atoms with van der Waals surface area (Å²) in [7, 11) is 3.00. The highest BCUT2D eigenvalue weighted by Gasteiger charge is 2.22. The van der Waals surface area contributed by atoms with E-state index in [1.54, 1.807) is 31.2 Å². The van der Waals surface area contributed by atoms with E-state index in [-0.39, 0.29) is 22.8 Å². The molecule has 0 radical (unpaired) electrons. The highest BCUT2D eigenvalue weighted by atomic mass is 16.6. The highest BCUT2D eigenvalue weighted by Crippen LogP contribution is 2.37. The van der Waals surface area contributed by atoms with Crippen LogP contribution in [-0.2, 0) is 0 Å². The number of carbonyl (C=O) groups excluding carboxylic acids is 1. The van der Waals surface area contributed by atoms with Crippen molar-refractivity contribution < 1.29 is 28.3 Å². The van der Waals surface area contributed by atoms with Crippen molar-refractivity contribution in [2.45, 2.75) is 13.8 Å². The maximum atomic E-state index is 13.6. The predicted molar refractivity (Wildman–Crippen MR) is 133 cm³/mol. The Hall–Kier alpha value is -4.66. The molecule has 0 aliphatic carbocycles. The first kappa shape index (κ1) is 24.5. The lowest BCUT2D eigenvalue weighted by molar-refractivity contribution is -0.384. The lowest BCUT2D eigenvalue weighted by atomic mass is 10.0. The second-order valence-electron chi connectivity index (χ2n) is 8.13. The molecular formula is C27H23NO8. The van der Waals surface area contributed by atoms with Gasteiger partial charge in [-0.3, -0.25) is 19.7 Å². The summed E-state index contributed by atoms with van der Waals surface area (Å²) in [6.45, 7) is 3.23. The fourth-order valence-electron chi connectivity index (χ4n) is 3.96. The summed E-state index contributed by atoms with van der Waals surface area (Å²) in [4.78, 5) is 36.7. The zero-order valence-corrected chi connectivity index (χ0v) is 20.1. The van der Waals surface area contributed by atoms with Crippen LogP contribution in [0.15, 0.2) is 63.8 Å². The van der Waals surface area contributed by atoms with Gasteiger partial charge in [0.05, 0.1) is 24.5 Å². The highest BCUT2D eigenvalue weighted by molar-refractivity contribution is 5.97. The number of nitro groups is 1. The number of non-ortho nitro benzene ring substituents is 1. The van der Waals surface area contributed by atoms with Crippen LogP contribution in [0.25, 0.3) is 22.3 Å². The van der Waals surface area contributed by atoms with E-state index >= 15 is 0 Å². The number of benzene rings is 3. The zero-order chi connectivity index (χ0) is 26.0. The van der Waals surface area contributed by atoms with Gasteiger partial charge in [0.2, 0.25) is 11.2 Å². The van der Waals surface area contributed by atoms with Gasteiger partial charge in [-0.15, -0.1) is 0 Å². The molecule has 0 fully saturated rings. The van der Waals surface area contributed by atoms with Crippen LogP contribution in [0.1, 0.15) is 21.5 Å². The maximum Gasteiger partial charge on any atom is 0.269 e. The zero-order valence-electron chi connectivity index (χ0n) is 20.1. The molecule has 0 unspecified atom stereocenters. The number of hydrogen-bond acceptors (Lipinski definition) is 8. The van der Waals surface area contributed by atoms with Crippen LogP contribution in [0.3, 0.4) is 0 Å². The van der Waals surface area contributed by atoms with Crippen LogP contribution in [0.5, 0.6) is 17.2 Å². The SMILES string of the molecule is COc1ccc(-c2oc3cc(C)cc(C)c3c(=O)c2OCC(=O)c2ccc([N+](=O)[O-])cc2)cc1OC. The number of ether oxygens (including phenoxy) is 3. The number of fused-ring (bicyclic) bond motifs is 1. The summed E-state index contributed by atoms with van der Waals surface area (Å²) in [5.74, 6) is 0.466. The van der Waals surface area contributed by atoms with Gasteiger partial charge in [0, 0.05) is 23.3 Å². The molecule has 0 N–H and O–H groups in total. The molecule has 9 heteroatoms. The van der Waals surface area contributed by atoms with Gasteiger partial charge in [-0.2, -0.15) is 0 Å². The van der Waals surface area contributed by atoms with Gasteiger partial charge in [0.15, 0.2) is 29.6 Å². The molecule has 0 aliphatic rings. The molecule has 0 saturated heterocycles. The molecule has 1 heterocycles. The number of methoxy groups -OCH3 is 2. The summed E-state index contributed by atoms with van der Waals surface area (Å²) in [5, 5.41) is 11.2. The first-order valence-corrected chi connectivity index (χ1v) is 10.9. The second-order valence-corrected chi connectivity index (χ2v) is 8.13. The molecule has 184 valence electrons. The maximum absolute atomic E-state index is 13.6. The van der Waals surface area contributed by atoms with Crippen LogP contribution in [0, 0.1) is 24.0 Å². The summed E-state index contributed by atoms with van der Waals surface area (Å²) in [5.41, 5.74) is 2.16. The molecule has 0 spiro atoms. The van der Waals surface area contributed by atoms with Crippen molar-refractivity contribution in [3.63, 3.8) is 0 Å². The van der Waals surface area contributed by atoms with Crippen molar-refractivity contribution in [3.05, 3.63) is 91.6 Å². The minimum atomic E-state index is -0.551. The number of rotatable bonds is 8. The Labute approximate surface area is 206 Å². The molecule has 3 aromatic carbocycles. The summed E-state index contributed by atoms with van der Waals surface area (Å²) in [6, 6.07) is 13.8. The minimum absolute atomic E-state index is 0.128. The minimum Gasteiger partial charge on any atom is -0.493 e. The van der Waals surface area contributed by atoms with Gasteiger partial charge in [-0.05, 0) is 61.4 Å². The quantitative estimate of drug-likeness (QED) is 0.187.